The fraction of sp³-hybridized carbons (Fsp3) is 0.486. The van der Waals surface area contributed by atoms with E-state index >= 15 is 0 Å². The third-order valence-corrected chi connectivity index (χ3v) is 10.4. The Morgan fingerprint density at radius 1 is 0.891 bits per heavy atom. The number of primary amides is 1. The van der Waals surface area contributed by atoms with E-state index in [1.165, 1.54) is 0 Å². The second-order valence-electron chi connectivity index (χ2n) is 13.6. The molecule has 300 valence electrons. The van der Waals surface area contributed by atoms with Gasteiger partial charge in [0.2, 0.25) is 17.7 Å². The number of nitrogens with two attached hydrogens (primary N) is 1. The van der Waals surface area contributed by atoms with Crippen LogP contribution in [0.3, 0.4) is 0 Å². The van der Waals surface area contributed by atoms with Crippen molar-refractivity contribution in [2.45, 2.75) is 81.8 Å². The van der Waals surface area contributed by atoms with Gasteiger partial charge < -0.3 is 36.4 Å². The molecule has 4 amide bonds. The number of hydrogen-bond acceptors (Lipinski definition) is 9. The van der Waals surface area contributed by atoms with E-state index in [0.717, 1.165) is 49.7 Å². The van der Waals surface area contributed by atoms with Gasteiger partial charge in [-0.05, 0) is 80.7 Å². The molecule has 7 N–H and O–H groups in total. The number of nitrogens with zero attached hydrogens (tertiary/aromatic N) is 3. The van der Waals surface area contributed by atoms with Gasteiger partial charge in [-0.1, -0.05) is 47.5 Å². The van der Waals surface area contributed by atoms with Crippen LogP contribution >= 0.6 is 23.2 Å². The van der Waals surface area contributed by atoms with Crippen molar-refractivity contribution in [3.63, 3.8) is 0 Å². The minimum atomic E-state index is -2.74. The molecule has 2 fully saturated rings. The Balaban J connectivity index is 0.000000534. The van der Waals surface area contributed by atoms with E-state index in [1.54, 1.807) is 17.0 Å². The van der Waals surface area contributed by atoms with Gasteiger partial charge in [0.05, 0.1) is 29.4 Å². The van der Waals surface area contributed by atoms with Crippen LogP contribution in [0, 0.1) is 0 Å². The molecule has 2 aromatic rings. The second kappa shape index (κ2) is 20.2. The Hall–Kier alpha value is -4.77. The predicted molar refractivity (Wildman–Crippen MR) is 200 cm³/mol. The molecule has 0 saturated carbocycles. The molecule has 0 aliphatic carbocycles. The SMILES string of the molecule is CN(C(=O)c1ccccc1CCCCc1ccc(Cl)c(Cl)c1)N1CCC(C(=O)NCC(N)=O)(N2CCCCC2=O)CC1.O=C(O)CC(O)(CC(=O)O)C(=O)O. The van der Waals surface area contributed by atoms with Gasteiger partial charge in [-0.2, -0.15) is 0 Å². The first kappa shape index (κ1) is 44.6. The molecule has 0 radical (unpaired) electrons. The summed E-state index contributed by atoms with van der Waals surface area (Å²) in [5.41, 5.74) is 4.22. The van der Waals surface area contributed by atoms with Crippen LogP contribution in [0.15, 0.2) is 42.5 Å². The van der Waals surface area contributed by atoms with Crippen molar-refractivity contribution in [2.75, 3.05) is 33.2 Å². The summed E-state index contributed by atoms with van der Waals surface area (Å²) >= 11 is 12.2. The Morgan fingerprint density at radius 2 is 1.51 bits per heavy atom. The smallest absolute Gasteiger partial charge is 0.336 e. The lowest BCUT2D eigenvalue weighted by molar-refractivity contribution is -0.170. The second-order valence-corrected chi connectivity index (χ2v) is 14.4. The largest absolute Gasteiger partial charge is 0.481 e. The van der Waals surface area contributed by atoms with Crippen molar-refractivity contribution in [3.05, 3.63) is 69.2 Å². The number of benzene rings is 2. The molecular weight excluding hydrogens is 761 g/mol. The number of carbonyl (C=O) groups is 7. The maximum absolute atomic E-state index is 13.7. The summed E-state index contributed by atoms with van der Waals surface area (Å²) in [6.07, 6.45) is 3.90. The molecule has 0 unspecified atom stereocenters. The van der Waals surface area contributed by atoms with Crippen LogP contribution in [-0.2, 0) is 41.6 Å². The van der Waals surface area contributed by atoms with Gasteiger partial charge in [-0.15, -0.1) is 0 Å². The average molecular weight is 809 g/mol. The number of hydrazine groups is 1. The van der Waals surface area contributed by atoms with Crippen molar-refractivity contribution in [2.24, 2.45) is 5.73 Å². The Morgan fingerprint density at radius 3 is 2.07 bits per heavy atom. The molecule has 0 spiro atoms. The van der Waals surface area contributed by atoms with E-state index in [9.17, 15) is 33.6 Å². The molecule has 55 heavy (non-hydrogen) atoms. The maximum Gasteiger partial charge on any atom is 0.336 e. The topological polar surface area (TPSA) is 248 Å². The first-order valence-electron chi connectivity index (χ1n) is 17.7. The zero-order valence-corrected chi connectivity index (χ0v) is 32.0. The molecule has 0 atom stereocenters. The molecule has 0 bridgehead atoms. The van der Waals surface area contributed by atoms with Crippen LogP contribution in [0.5, 0.6) is 0 Å². The van der Waals surface area contributed by atoms with Gasteiger partial charge in [0.1, 0.15) is 5.54 Å². The van der Waals surface area contributed by atoms with E-state index < -0.39 is 47.8 Å². The Kier molecular flexibility index (Phi) is 16.4. The molecule has 2 aromatic carbocycles. The zero-order valence-electron chi connectivity index (χ0n) is 30.5. The first-order valence-corrected chi connectivity index (χ1v) is 18.5. The predicted octanol–water partition coefficient (Wildman–Crippen LogP) is 2.75. The number of rotatable bonds is 16. The van der Waals surface area contributed by atoms with Crippen molar-refractivity contribution in [1.82, 2.24) is 20.2 Å². The van der Waals surface area contributed by atoms with Gasteiger partial charge in [0, 0.05) is 38.7 Å². The number of piperidine rings is 2. The normalized spacial score (nSPS) is 15.6. The molecule has 2 saturated heterocycles. The summed E-state index contributed by atoms with van der Waals surface area (Å²) in [5, 5.41) is 41.1. The number of carbonyl (C=O) groups excluding carboxylic acids is 4. The van der Waals surface area contributed by atoms with Crippen LogP contribution in [0.4, 0.5) is 0 Å². The van der Waals surface area contributed by atoms with Crippen LogP contribution in [-0.4, -0.2) is 121 Å². The van der Waals surface area contributed by atoms with E-state index in [-0.39, 0.29) is 24.3 Å². The molecule has 18 heteroatoms. The fourth-order valence-electron chi connectivity index (χ4n) is 6.68. The van der Waals surface area contributed by atoms with Crippen LogP contribution in [0.2, 0.25) is 10.0 Å². The number of carboxylic acids is 3. The van der Waals surface area contributed by atoms with Gasteiger partial charge in [0.25, 0.3) is 5.91 Å². The summed E-state index contributed by atoms with van der Waals surface area (Å²) in [6.45, 7) is 1.02. The molecule has 16 nitrogen and oxygen atoms in total. The monoisotopic (exact) mass is 807 g/mol. The van der Waals surface area contributed by atoms with Gasteiger partial charge >= 0.3 is 17.9 Å². The highest BCUT2D eigenvalue weighted by Gasteiger charge is 2.49. The van der Waals surface area contributed by atoms with E-state index in [1.807, 2.05) is 47.5 Å². The summed E-state index contributed by atoms with van der Waals surface area (Å²) in [6, 6.07) is 13.3. The van der Waals surface area contributed by atoms with Crippen molar-refractivity contribution < 1.29 is 54.0 Å². The highest BCUT2D eigenvalue weighted by atomic mass is 35.5. The number of carboxylic acid groups (broad SMARTS) is 3. The van der Waals surface area contributed by atoms with Crippen molar-refractivity contribution in [1.29, 1.82) is 0 Å². The standard InChI is InChI=1S/C31H39Cl2N5O4.C6H8O7/c1-36(29(41)24-11-5-4-10-23(24)9-3-2-8-22-13-14-25(32)26(33)20-22)37-18-15-31(16-19-37,30(42)35-21-27(34)39)38-17-7-6-12-28(38)40;7-3(8)1-6(13,5(11)12)2-4(9)10/h4-5,10-11,13-14,20H,2-3,6-9,12,15-19,21H2,1H3,(H2,34,39)(H,35,42);13H,1-2H2,(H,7,8)(H,9,10)(H,11,12). The van der Waals surface area contributed by atoms with Gasteiger partial charge in [0.15, 0.2) is 5.60 Å². The number of halogens is 2. The highest BCUT2D eigenvalue weighted by Crippen LogP contribution is 2.33. The Bertz CT molecular complexity index is 1730. The minimum Gasteiger partial charge on any atom is -0.481 e. The van der Waals surface area contributed by atoms with Crippen molar-refractivity contribution in [3.8, 4) is 0 Å². The number of nitrogens with one attached hydrogen (secondary N) is 1. The lowest BCUT2D eigenvalue weighted by Gasteiger charge is -2.49. The minimum absolute atomic E-state index is 0.0542. The zero-order chi connectivity index (χ0) is 40.9. The van der Waals surface area contributed by atoms with Crippen LogP contribution in [0.1, 0.15) is 79.3 Å². The van der Waals surface area contributed by atoms with E-state index in [0.29, 0.717) is 54.5 Å². The number of aliphatic hydroxyl groups is 1. The van der Waals surface area contributed by atoms with Crippen molar-refractivity contribution >= 4 is 64.7 Å². The third-order valence-electron chi connectivity index (χ3n) is 9.65. The number of amides is 4. The number of unbranched alkanes of at least 4 members (excludes halogenated alkanes) is 1. The van der Waals surface area contributed by atoms with E-state index in [2.05, 4.69) is 5.32 Å². The number of aliphatic carboxylic acids is 3. The number of aryl methyl sites for hydroxylation is 2. The molecule has 2 aliphatic heterocycles. The van der Waals surface area contributed by atoms with Gasteiger partial charge in [-0.3, -0.25) is 33.8 Å². The fourth-order valence-corrected chi connectivity index (χ4v) is 7.00. The molecular formula is C37H47Cl2N5O11. The summed E-state index contributed by atoms with van der Waals surface area (Å²) in [4.78, 5) is 83.4. The van der Waals surface area contributed by atoms with Gasteiger partial charge in [-0.25, -0.2) is 9.80 Å². The highest BCUT2D eigenvalue weighted by molar-refractivity contribution is 6.42. The molecule has 4 rings (SSSR count). The van der Waals surface area contributed by atoms with E-state index in [4.69, 9.17) is 49.4 Å². The summed E-state index contributed by atoms with van der Waals surface area (Å²) < 4.78 is 0. The summed E-state index contributed by atoms with van der Waals surface area (Å²) in [7, 11) is 1.75. The quantitative estimate of drug-likeness (QED) is 0.134. The maximum atomic E-state index is 13.7. The van der Waals surface area contributed by atoms with Crippen LogP contribution in [0.25, 0.3) is 0 Å². The third kappa shape index (κ3) is 12.4. The molecule has 2 aliphatic rings. The summed E-state index contributed by atoms with van der Waals surface area (Å²) in [5.74, 6) is -6.19. The number of likely N-dealkylation sites (tertiary alicyclic amines) is 1. The lowest BCUT2D eigenvalue weighted by Crippen LogP contribution is -2.67. The first-order chi connectivity index (χ1) is 25.9. The molecule has 2 heterocycles. The Labute approximate surface area is 328 Å². The van der Waals surface area contributed by atoms with Crippen LogP contribution < -0.4 is 11.1 Å². The number of hydrogen-bond donors (Lipinski definition) is 6. The lowest BCUT2D eigenvalue weighted by atomic mass is 9.83. The molecule has 0 aromatic heterocycles. The average Bonchev–Trinajstić information content (AvgIpc) is 3.13.